The van der Waals surface area contributed by atoms with Gasteiger partial charge in [0.15, 0.2) is 0 Å². The van der Waals surface area contributed by atoms with Crippen LogP contribution in [0.2, 0.25) is 0 Å². The molecular formula is C5H7OS-. The first-order chi connectivity index (χ1) is 3.27. The van der Waals surface area contributed by atoms with Crippen molar-refractivity contribution in [3.8, 4) is 0 Å². The Bertz CT molecular complexity index is 86.1. The van der Waals surface area contributed by atoms with Gasteiger partial charge in [0.2, 0.25) is 0 Å². The third-order valence-electron chi connectivity index (χ3n) is 0.390. The van der Waals surface area contributed by atoms with Crippen LogP contribution in [0.4, 0.5) is 0 Å². The molecule has 0 atom stereocenters. The lowest BCUT2D eigenvalue weighted by molar-refractivity contribution is -0.294. The molecule has 0 saturated heterocycles. The molecule has 0 aromatic rings. The first-order valence-electron chi connectivity index (χ1n) is 1.82. The molecule has 0 aliphatic heterocycles. The van der Waals surface area contributed by atoms with Crippen molar-refractivity contribution < 1.29 is 5.11 Å². The molecule has 0 heterocycles. The van der Waals surface area contributed by atoms with Gasteiger partial charge in [-0.2, -0.15) is 0 Å². The van der Waals surface area contributed by atoms with Gasteiger partial charge in [-0.25, -0.2) is 0 Å². The van der Waals surface area contributed by atoms with Crippen molar-refractivity contribution in [1.82, 2.24) is 0 Å². The van der Waals surface area contributed by atoms with Gasteiger partial charge in [0.25, 0.3) is 0 Å². The smallest absolute Gasteiger partial charge is 0.0142 e. The fourth-order valence-electron chi connectivity index (χ4n) is 0.144. The van der Waals surface area contributed by atoms with E-state index in [1.807, 2.05) is 6.26 Å². The fourth-order valence-corrected chi connectivity index (χ4v) is 0.432. The van der Waals surface area contributed by atoms with E-state index in [1.54, 1.807) is 5.41 Å². The maximum atomic E-state index is 9.99. The second kappa shape index (κ2) is 3.81. The van der Waals surface area contributed by atoms with Crippen molar-refractivity contribution in [1.29, 1.82) is 0 Å². The summed E-state index contributed by atoms with van der Waals surface area (Å²) in [7, 11) is 0. The molecule has 0 saturated carbocycles. The maximum Gasteiger partial charge on any atom is -0.0142 e. The summed E-state index contributed by atoms with van der Waals surface area (Å²) >= 11 is 1.49. The second-order valence-corrected chi connectivity index (χ2v) is 1.75. The summed E-state index contributed by atoms with van der Waals surface area (Å²) in [5.74, 6) is -0.144. The lowest BCUT2D eigenvalue weighted by Gasteiger charge is -1.97. The minimum atomic E-state index is -0.144. The van der Waals surface area contributed by atoms with Gasteiger partial charge in [-0.15, -0.1) is 24.1 Å². The molecule has 0 fully saturated rings. The normalized spacial score (nSPS) is 9.86. The van der Waals surface area contributed by atoms with E-state index >= 15 is 0 Å². The van der Waals surface area contributed by atoms with E-state index in [4.69, 9.17) is 0 Å². The van der Waals surface area contributed by atoms with Crippen LogP contribution >= 0.6 is 11.8 Å². The van der Waals surface area contributed by atoms with Crippen LogP contribution in [0, 0.1) is 0 Å². The summed E-state index contributed by atoms with van der Waals surface area (Å²) in [5.41, 5.74) is 0. The molecule has 0 aliphatic rings. The highest BCUT2D eigenvalue weighted by Gasteiger charge is 1.60. The predicted molar refractivity (Wildman–Crippen MR) is 31.8 cm³/mol. The molecule has 0 rings (SSSR count). The molecule has 0 amide bonds. The highest BCUT2D eigenvalue weighted by Crippen LogP contribution is 1.93. The van der Waals surface area contributed by atoms with Crippen LogP contribution in [-0.2, 0) is 0 Å². The zero-order valence-corrected chi connectivity index (χ0v) is 4.99. The Labute approximate surface area is 47.7 Å². The minimum Gasteiger partial charge on any atom is -0.873 e. The van der Waals surface area contributed by atoms with Crippen LogP contribution in [0.15, 0.2) is 23.8 Å². The number of hydrogen-bond acceptors (Lipinski definition) is 2. The fraction of sp³-hybridized carbons (Fsp3) is 0.200. The van der Waals surface area contributed by atoms with Crippen molar-refractivity contribution in [2.45, 2.75) is 0 Å². The third-order valence-corrected chi connectivity index (χ3v) is 0.798. The van der Waals surface area contributed by atoms with Gasteiger partial charge in [-0.05, 0) is 11.7 Å². The van der Waals surface area contributed by atoms with Gasteiger partial charge in [-0.3, -0.25) is 0 Å². The Balaban J connectivity index is 3.26. The minimum absolute atomic E-state index is 0.144. The highest BCUT2D eigenvalue weighted by molar-refractivity contribution is 8.01. The molecule has 0 N–H and O–H groups in total. The first kappa shape index (κ1) is 6.63. The number of rotatable bonds is 2. The summed E-state index contributed by atoms with van der Waals surface area (Å²) in [6, 6.07) is 0. The molecule has 0 aromatic carbocycles. The molecule has 0 unspecified atom stereocenters. The highest BCUT2D eigenvalue weighted by atomic mass is 32.2. The van der Waals surface area contributed by atoms with E-state index < -0.39 is 0 Å². The van der Waals surface area contributed by atoms with Gasteiger partial charge in [0.1, 0.15) is 0 Å². The Morgan fingerprint density at radius 1 is 1.86 bits per heavy atom. The summed E-state index contributed by atoms with van der Waals surface area (Å²) in [4.78, 5) is 0. The van der Waals surface area contributed by atoms with Gasteiger partial charge in [0.05, 0.1) is 0 Å². The summed E-state index contributed by atoms with van der Waals surface area (Å²) in [6.07, 6.45) is 3.32. The lowest BCUT2D eigenvalue weighted by Crippen LogP contribution is -1.95. The topological polar surface area (TPSA) is 23.1 Å². The zero-order chi connectivity index (χ0) is 5.70. The summed E-state index contributed by atoms with van der Waals surface area (Å²) in [5, 5.41) is 11.7. The van der Waals surface area contributed by atoms with Gasteiger partial charge >= 0.3 is 0 Å². The molecule has 0 aromatic heterocycles. The SMILES string of the molecule is C=C([O-])/C=C/SC. The van der Waals surface area contributed by atoms with Crippen LogP contribution in [0.5, 0.6) is 0 Å². The molecule has 40 valence electrons. The van der Waals surface area contributed by atoms with E-state index in [-0.39, 0.29) is 5.76 Å². The molecular weight excluding hydrogens is 108 g/mol. The van der Waals surface area contributed by atoms with Crippen LogP contribution < -0.4 is 5.11 Å². The maximum absolute atomic E-state index is 9.99. The van der Waals surface area contributed by atoms with Gasteiger partial charge in [0, 0.05) is 0 Å². The van der Waals surface area contributed by atoms with E-state index in [0.717, 1.165) is 0 Å². The summed E-state index contributed by atoms with van der Waals surface area (Å²) < 4.78 is 0. The molecule has 0 spiro atoms. The van der Waals surface area contributed by atoms with E-state index in [9.17, 15) is 5.11 Å². The molecule has 0 bridgehead atoms. The average Bonchev–Trinajstić information content (AvgIpc) is 1.61. The molecule has 0 aliphatic carbocycles. The molecule has 2 heteroatoms. The Kier molecular flexibility index (Phi) is 3.61. The predicted octanol–water partition coefficient (Wildman–Crippen LogP) is 0.737. The van der Waals surface area contributed by atoms with E-state index in [2.05, 4.69) is 6.58 Å². The van der Waals surface area contributed by atoms with Crippen molar-refractivity contribution in [3.63, 3.8) is 0 Å². The standard InChI is InChI=1S/C5H8OS/c1-5(6)3-4-7-2/h3-4,6H,1H2,2H3/p-1/b4-3+. The summed E-state index contributed by atoms with van der Waals surface area (Å²) in [6.45, 7) is 3.14. The average molecular weight is 115 g/mol. The van der Waals surface area contributed by atoms with Crippen LogP contribution in [0.3, 0.4) is 0 Å². The molecule has 1 nitrogen and oxygen atoms in total. The van der Waals surface area contributed by atoms with Crippen LogP contribution in [-0.4, -0.2) is 6.26 Å². The van der Waals surface area contributed by atoms with Crippen molar-refractivity contribution in [3.05, 3.63) is 23.8 Å². The van der Waals surface area contributed by atoms with Crippen LogP contribution in [0.25, 0.3) is 0 Å². The monoisotopic (exact) mass is 115 g/mol. The molecule has 7 heavy (non-hydrogen) atoms. The van der Waals surface area contributed by atoms with E-state index in [0.29, 0.717) is 0 Å². The van der Waals surface area contributed by atoms with Crippen molar-refractivity contribution in [2.24, 2.45) is 0 Å². The van der Waals surface area contributed by atoms with Crippen molar-refractivity contribution >= 4 is 11.8 Å². The Hall–Kier alpha value is -0.370. The van der Waals surface area contributed by atoms with Crippen LogP contribution in [0.1, 0.15) is 0 Å². The second-order valence-electron chi connectivity index (χ2n) is 1.00. The van der Waals surface area contributed by atoms with Gasteiger partial charge < -0.3 is 5.11 Å². The third kappa shape index (κ3) is 5.63. The number of thioether (sulfide) groups is 1. The quantitative estimate of drug-likeness (QED) is 0.391. The number of hydrogen-bond donors (Lipinski definition) is 0. The Morgan fingerprint density at radius 3 is 2.57 bits per heavy atom. The largest absolute Gasteiger partial charge is 0.873 e. The number of allylic oxidation sites excluding steroid dienone is 1. The lowest BCUT2D eigenvalue weighted by atomic mass is 10.6. The van der Waals surface area contributed by atoms with Crippen molar-refractivity contribution in [2.75, 3.05) is 6.26 Å². The molecule has 0 radical (unpaired) electrons. The van der Waals surface area contributed by atoms with E-state index in [1.165, 1.54) is 17.8 Å². The Morgan fingerprint density at radius 2 is 2.43 bits per heavy atom. The van der Waals surface area contributed by atoms with Gasteiger partial charge in [-0.1, -0.05) is 6.08 Å². The first-order valence-corrected chi connectivity index (χ1v) is 3.11. The zero-order valence-electron chi connectivity index (χ0n) is 4.18.